The lowest BCUT2D eigenvalue weighted by Gasteiger charge is -1.99. The van der Waals surface area contributed by atoms with E-state index in [1.54, 1.807) is 11.8 Å². The van der Waals surface area contributed by atoms with E-state index < -0.39 is 0 Å². The maximum absolute atomic E-state index is 5.51. The maximum Gasteiger partial charge on any atom is 0.209 e. The lowest BCUT2D eigenvalue weighted by Crippen LogP contribution is -1.98. The first-order valence-corrected chi connectivity index (χ1v) is 6.61. The molecule has 2 N–H and O–H groups in total. The molecule has 2 heterocycles. The standard InChI is InChI=1S/C7H9N7S2/c8-6-10-9-5(16-6)3-15-7-11-12-13-14(7)4-1-2-4/h4H,1-3H2,(H2,8,10). The highest BCUT2D eigenvalue weighted by Crippen LogP contribution is 2.37. The van der Waals surface area contributed by atoms with Gasteiger partial charge in [-0.3, -0.25) is 0 Å². The molecule has 0 aromatic carbocycles. The van der Waals surface area contributed by atoms with Gasteiger partial charge in [0.05, 0.1) is 11.8 Å². The minimum Gasteiger partial charge on any atom is -0.374 e. The van der Waals surface area contributed by atoms with Gasteiger partial charge in [0.25, 0.3) is 0 Å². The molecule has 9 heteroatoms. The van der Waals surface area contributed by atoms with Gasteiger partial charge in [0.2, 0.25) is 10.3 Å². The Morgan fingerprint density at radius 1 is 1.38 bits per heavy atom. The van der Waals surface area contributed by atoms with Crippen LogP contribution < -0.4 is 5.73 Å². The summed E-state index contributed by atoms with van der Waals surface area (Å²) in [6.07, 6.45) is 2.34. The summed E-state index contributed by atoms with van der Waals surface area (Å²) in [7, 11) is 0. The van der Waals surface area contributed by atoms with Gasteiger partial charge in [-0.15, -0.1) is 15.3 Å². The number of tetrazole rings is 1. The molecule has 1 fully saturated rings. The van der Waals surface area contributed by atoms with Gasteiger partial charge in [0, 0.05) is 0 Å². The van der Waals surface area contributed by atoms with Crippen molar-refractivity contribution in [3.05, 3.63) is 5.01 Å². The number of nitrogens with zero attached hydrogens (tertiary/aromatic N) is 6. The molecule has 1 aliphatic carbocycles. The molecule has 0 spiro atoms. The fourth-order valence-corrected chi connectivity index (χ4v) is 2.82. The van der Waals surface area contributed by atoms with Crippen molar-refractivity contribution in [2.45, 2.75) is 29.8 Å². The van der Waals surface area contributed by atoms with Crippen LogP contribution in [0, 0.1) is 0 Å². The van der Waals surface area contributed by atoms with E-state index in [2.05, 4.69) is 25.7 Å². The molecule has 0 bridgehead atoms. The van der Waals surface area contributed by atoms with E-state index >= 15 is 0 Å². The summed E-state index contributed by atoms with van der Waals surface area (Å²) in [5.41, 5.74) is 5.51. The van der Waals surface area contributed by atoms with Crippen molar-refractivity contribution in [3.8, 4) is 0 Å². The number of rotatable bonds is 4. The number of nitrogen functional groups attached to an aromatic ring is 1. The number of anilines is 1. The highest BCUT2D eigenvalue weighted by Gasteiger charge is 2.27. The summed E-state index contributed by atoms with van der Waals surface area (Å²) < 4.78 is 1.88. The number of nitrogens with two attached hydrogens (primary N) is 1. The quantitative estimate of drug-likeness (QED) is 0.805. The Kier molecular flexibility index (Phi) is 2.48. The molecule has 84 valence electrons. The van der Waals surface area contributed by atoms with E-state index in [1.807, 2.05) is 4.68 Å². The summed E-state index contributed by atoms with van der Waals surface area (Å²) in [6, 6.07) is 0.497. The van der Waals surface area contributed by atoms with Gasteiger partial charge in [0.15, 0.2) is 0 Å². The molecule has 0 saturated heterocycles. The predicted molar refractivity (Wildman–Crippen MR) is 60.0 cm³/mol. The molecule has 2 aromatic heterocycles. The van der Waals surface area contributed by atoms with Crippen molar-refractivity contribution in [1.82, 2.24) is 30.4 Å². The van der Waals surface area contributed by atoms with Gasteiger partial charge in [-0.2, -0.15) is 0 Å². The zero-order valence-electron chi connectivity index (χ0n) is 8.28. The third-order valence-electron chi connectivity index (χ3n) is 2.16. The van der Waals surface area contributed by atoms with Crippen molar-refractivity contribution >= 4 is 28.2 Å². The lowest BCUT2D eigenvalue weighted by atomic mass is 10.7. The van der Waals surface area contributed by atoms with Gasteiger partial charge < -0.3 is 5.73 Å². The molecule has 0 aliphatic heterocycles. The van der Waals surface area contributed by atoms with Crippen LogP contribution >= 0.6 is 23.1 Å². The third-order valence-corrected chi connectivity index (χ3v) is 4.04. The second-order valence-electron chi connectivity index (χ2n) is 3.46. The molecule has 0 atom stereocenters. The monoisotopic (exact) mass is 255 g/mol. The molecular weight excluding hydrogens is 246 g/mol. The van der Waals surface area contributed by atoms with Gasteiger partial charge in [-0.25, -0.2) is 4.68 Å². The highest BCUT2D eigenvalue weighted by molar-refractivity contribution is 7.98. The van der Waals surface area contributed by atoms with Crippen molar-refractivity contribution in [3.63, 3.8) is 0 Å². The summed E-state index contributed by atoms with van der Waals surface area (Å²) in [5.74, 6) is 0.710. The average molecular weight is 255 g/mol. The van der Waals surface area contributed by atoms with Gasteiger partial charge in [-0.05, 0) is 23.3 Å². The fraction of sp³-hybridized carbons (Fsp3) is 0.571. The van der Waals surface area contributed by atoms with Crippen molar-refractivity contribution in [2.24, 2.45) is 0 Å². The smallest absolute Gasteiger partial charge is 0.209 e. The number of thioether (sulfide) groups is 1. The highest BCUT2D eigenvalue weighted by atomic mass is 32.2. The number of aromatic nitrogens is 6. The van der Waals surface area contributed by atoms with E-state index in [9.17, 15) is 0 Å². The van der Waals surface area contributed by atoms with Crippen molar-refractivity contribution in [2.75, 3.05) is 5.73 Å². The van der Waals surface area contributed by atoms with Gasteiger partial charge in [-0.1, -0.05) is 23.1 Å². The molecular formula is C7H9N7S2. The minimum absolute atomic E-state index is 0.497. The Labute approximate surface area is 99.4 Å². The first-order valence-electron chi connectivity index (χ1n) is 4.81. The molecule has 7 nitrogen and oxygen atoms in total. The Balaban J connectivity index is 1.67. The third kappa shape index (κ3) is 2.00. The second kappa shape index (κ2) is 3.98. The molecule has 16 heavy (non-hydrogen) atoms. The van der Waals surface area contributed by atoms with Crippen molar-refractivity contribution < 1.29 is 0 Å². The second-order valence-corrected chi connectivity index (χ2v) is 5.50. The van der Waals surface area contributed by atoms with Crippen LogP contribution in [-0.4, -0.2) is 30.4 Å². The zero-order chi connectivity index (χ0) is 11.0. The van der Waals surface area contributed by atoms with Crippen LogP contribution in [0.1, 0.15) is 23.9 Å². The largest absolute Gasteiger partial charge is 0.374 e. The zero-order valence-corrected chi connectivity index (χ0v) is 9.91. The molecule has 0 unspecified atom stereocenters. The van der Waals surface area contributed by atoms with E-state index in [0.717, 1.165) is 10.2 Å². The SMILES string of the molecule is Nc1nnc(CSc2nnnn2C2CC2)s1. The van der Waals surface area contributed by atoms with Crippen LogP contribution in [0.3, 0.4) is 0 Å². The van der Waals surface area contributed by atoms with Gasteiger partial charge >= 0.3 is 0 Å². The lowest BCUT2D eigenvalue weighted by molar-refractivity contribution is 0.565. The van der Waals surface area contributed by atoms with Gasteiger partial charge in [0.1, 0.15) is 5.01 Å². The first kappa shape index (κ1) is 9.97. The van der Waals surface area contributed by atoms with Crippen LogP contribution in [0.2, 0.25) is 0 Å². The molecule has 0 radical (unpaired) electrons. The van der Waals surface area contributed by atoms with Crippen LogP contribution in [0.5, 0.6) is 0 Å². The number of hydrogen-bond donors (Lipinski definition) is 1. The number of hydrogen-bond acceptors (Lipinski definition) is 8. The molecule has 1 saturated carbocycles. The Hall–Kier alpha value is -1.22. The van der Waals surface area contributed by atoms with E-state index in [4.69, 9.17) is 5.73 Å². The van der Waals surface area contributed by atoms with E-state index in [1.165, 1.54) is 24.2 Å². The summed E-state index contributed by atoms with van der Waals surface area (Å²) in [5, 5.41) is 21.6. The minimum atomic E-state index is 0.497. The predicted octanol–water partition coefficient (Wildman–Crippen LogP) is 0.734. The normalized spacial score (nSPS) is 15.5. The first-order chi connectivity index (χ1) is 7.83. The van der Waals surface area contributed by atoms with Crippen LogP contribution in [0.25, 0.3) is 0 Å². The van der Waals surface area contributed by atoms with Crippen LogP contribution in [0.15, 0.2) is 5.16 Å². The average Bonchev–Trinajstić information content (AvgIpc) is 2.86. The van der Waals surface area contributed by atoms with Crippen LogP contribution in [-0.2, 0) is 5.75 Å². The summed E-state index contributed by atoms with van der Waals surface area (Å²) in [6.45, 7) is 0. The Bertz CT molecular complexity index is 488. The summed E-state index contributed by atoms with van der Waals surface area (Å²) >= 11 is 2.96. The Morgan fingerprint density at radius 2 is 2.25 bits per heavy atom. The van der Waals surface area contributed by atoms with Crippen LogP contribution in [0.4, 0.5) is 5.13 Å². The Morgan fingerprint density at radius 3 is 2.94 bits per heavy atom. The molecule has 1 aliphatic rings. The molecule has 2 aromatic rings. The van der Waals surface area contributed by atoms with E-state index in [0.29, 0.717) is 16.9 Å². The fourth-order valence-electron chi connectivity index (χ4n) is 1.28. The molecule has 3 rings (SSSR count). The van der Waals surface area contributed by atoms with E-state index in [-0.39, 0.29) is 0 Å². The topological polar surface area (TPSA) is 95.4 Å². The maximum atomic E-state index is 5.51. The molecule has 0 amide bonds. The van der Waals surface area contributed by atoms with Crippen molar-refractivity contribution in [1.29, 1.82) is 0 Å². The summed E-state index contributed by atoms with van der Waals surface area (Å²) in [4.78, 5) is 0.